The summed E-state index contributed by atoms with van der Waals surface area (Å²) in [5.41, 5.74) is 6.76. The highest BCUT2D eigenvalue weighted by molar-refractivity contribution is 9.10. The van der Waals surface area contributed by atoms with E-state index in [0.29, 0.717) is 27.4 Å². The van der Waals surface area contributed by atoms with E-state index in [0.717, 1.165) is 10.0 Å². The lowest BCUT2D eigenvalue weighted by Crippen LogP contribution is -2.25. The number of hydrogen-bond donors (Lipinski definition) is 4. The van der Waals surface area contributed by atoms with Crippen molar-refractivity contribution in [2.24, 2.45) is 5.73 Å². The van der Waals surface area contributed by atoms with Gasteiger partial charge < -0.3 is 16.4 Å². The topological polar surface area (TPSA) is 113 Å². The van der Waals surface area contributed by atoms with E-state index in [4.69, 9.17) is 17.3 Å². The van der Waals surface area contributed by atoms with Crippen molar-refractivity contribution in [1.82, 2.24) is 15.5 Å². The number of nitrogens with two attached hydrogens (primary N) is 1. The second kappa shape index (κ2) is 14.8. The van der Waals surface area contributed by atoms with E-state index in [1.165, 1.54) is 6.20 Å². The average Bonchev–Trinajstić information content (AvgIpc) is 3.11. The maximum absolute atomic E-state index is 12.2. The molecule has 5 N–H and O–H groups in total. The molecule has 0 bridgehead atoms. The Morgan fingerprint density at radius 2 is 1.87 bits per heavy atom. The number of H-pyrrole nitrogens is 1. The summed E-state index contributed by atoms with van der Waals surface area (Å²) < 4.78 is 1.38. The minimum atomic E-state index is -0.391. The number of halogens is 3. The molecule has 0 aliphatic carbocycles. The number of amides is 2. The highest BCUT2D eigenvalue weighted by Gasteiger charge is 2.18. The van der Waals surface area contributed by atoms with E-state index in [2.05, 4.69) is 59.3 Å². The summed E-state index contributed by atoms with van der Waals surface area (Å²) in [6.45, 7) is 11.1. The predicted molar refractivity (Wildman–Crippen MR) is 131 cm³/mol. The molecule has 7 nitrogen and oxygen atoms in total. The summed E-state index contributed by atoms with van der Waals surface area (Å²) in [6, 6.07) is 5.07. The van der Waals surface area contributed by atoms with Crippen molar-refractivity contribution in [2.45, 2.75) is 27.7 Å². The van der Waals surface area contributed by atoms with Crippen molar-refractivity contribution in [2.75, 3.05) is 11.9 Å². The van der Waals surface area contributed by atoms with Gasteiger partial charge in [-0.25, -0.2) is 0 Å². The molecule has 0 saturated heterocycles. The van der Waals surface area contributed by atoms with Crippen LogP contribution in [-0.4, -0.2) is 28.6 Å². The van der Waals surface area contributed by atoms with E-state index >= 15 is 0 Å². The lowest BCUT2D eigenvalue weighted by Gasteiger charge is -2.14. The molecule has 2 rings (SSSR count). The molecule has 1 heterocycles. The molecule has 0 radical (unpaired) electrons. The molecule has 164 valence electrons. The smallest absolute Gasteiger partial charge is 0.276 e. The number of carbonyl (C=O) groups excluding carboxylic acids is 2. The molecule has 2 aromatic rings. The quantitative estimate of drug-likeness (QED) is 0.369. The number of aryl methyl sites for hydroxylation is 1. The molecule has 0 atom stereocenters. The van der Waals surface area contributed by atoms with Gasteiger partial charge in [0, 0.05) is 28.3 Å². The fraction of sp³-hybridized carbons (Fsp3) is 0.250. The van der Waals surface area contributed by atoms with Crippen molar-refractivity contribution < 1.29 is 9.59 Å². The molecule has 0 aliphatic heterocycles. The minimum absolute atomic E-state index is 0.232. The lowest BCUT2D eigenvalue weighted by atomic mass is 10.1. The molecule has 2 amide bonds. The molecule has 1 aromatic heterocycles. The molecule has 0 spiro atoms. The van der Waals surface area contributed by atoms with E-state index in [9.17, 15) is 9.59 Å². The second-order valence-electron chi connectivity index (χ2n) is 5.72. The van der Waals surface area contributed by atoms with Crippen LogP contribution in [0.25, 0.3) is 0 Å². The number of allylic oxidation sites excluding steroid dienone is 2. The van der Waals surface area contributed by atoms with Crippen LogP contribution in [0.15, 0.2) is 51.2 Å². The predicted octanol–water partition coefficient (Wildman–Crippen LogP) is 5.48. The van der Waals surface area contributed by atoms with Gasteiger partial charge in [0.25, 0.3) is 11.8 Å². The summed E-state index contributed by atoms with van der Waals surface area (Å²) in [5, 5.41) is 12.6. The standard InChI is InChI=1S/C14H14Br2N4O2.C3H6ClN.C3H6/c1-3-17-13(21)9-5-8(15)4-7(2)12(9)18-14(22)10-6-11(16)20-19-10;1-3(4)2-5;1-3-2/h4-6H,3H2,1-2H3,(H,17,21)(H,18,22)(H,19,20);2H,5H2,1H3;3H,1H2,2H3/b;3-2+;. The number of aromatic amines is 1. The van der Waals surface area contributed by atoms with Gasteiger partial charge in [0.2, 0.25) is 0 Å². The summed E-state index contributed by atoms with van der Waals surface area (Å²) in [4.78, 5) is 24.4. The van der Waals surface area contributed by atoms with Crippen molar-refractivity contribution in [3.63, 3.8) is 0 Å². The molecule has 1 aromatic carbocycles. The van der Waals surface area contributed by atoms with Gasteiger partial charge in [0.05, 0.1) is 11.3 Å². The molecule has 10 heteroatoms. The third kappa shape index (κ3) is 10.1. The van der Waals surface area contributed by atoms with Crippen LogP contribution in [0.1, 0.15) is 47.2 Å². The number of benzene rings is 1. The zero-order valence-corrected chi connectivity index (χ0v) is 21.2. The van der Waals surface area contributed by atoms with E-state index in [1.54, 1.807) is 25.1 Å². The first kappa shape index (κ1) is 27.9. The molecule has 0 saturated carbocycles. The van der Waals surface area contributed by atoms with Crippen molar-refractivity contribution in [3.8, 4) is 0 Å². The van der Waals surface area contributed by atoms with Crippen LogP contribution < -0.4 is 16.4 Å². The Hall–Kier alpha value is -2.10. The normalized spacial score (nSPS) is 10.0. The third-order valence-corrected chi connectivity index (χ3v) is 4.12. The van der Waals surface area contributed by atoms with Crippen LogP contribution >= 0.6 is 43.5 Å². The van der Waals surface area contributed by atoms with Crippen molar-refractivity contribution in [3.05, 3.63) is 68.0 Å². The monoisotopic (exact) mass is 561 g/mol. The fourth-order valence-corrected chi connectivity index (χ4v) is 2.81. The third-order valence-electron chi connectivity index (χ3n) is 3.13. The molecule has 0 fully saturated rings. The number of rotatable bonds is 4. The Labute approximate surface area is 198 Å². The summed E-state index contributed by atoms with van der Waals surface area (Å²) >= 11 is 11.8. The highest BCUT2D eigenvalue weighted by Crippen LogP contribution is 2.26. The number of aromatic nitrogens is 2. The van der Waals surface area contributed by atoms with Crippen LogP contribution in [-0.2, 0) is 0 Å². The number of nitrogens with one attached hydrogen (secondary N) is 3. The number of carbonyl (C=O) groups is 2. The Balaban J connectivity index is 0.000000902. The first-order valence-electron chi connectivity index (χ1n) is 8.82. The van der Waals surface area contributed by atoms with Gasteiger partial charge in [-0.3, -0.25) is 14.7 Å². The molecule has 0 aliphatic rings. The van der Waals surface area contributed by atoms with Gasteiger partial charge in [-0.05, 0) is 61.3 Å². The first-order valence-corrected chi connectivity index (χ1v) is 10.8. The van der Waals surface area contributed by atoms with Crippen LogP contribution in [0.4, 0.5) is 5.69 Å². The fourth-order valence-electron chi connectivity index (χ4n) is 1.94. The Morgan fingerprint density at radius 1 is 1.30 bits per heavy atom. The molecular formula is C20H26Br2ClN5O2. The van der Waals surface area contributed by atoms with Gasteiger partial charge in [-0.1, -0.05) is 33.6 Å². The average molecular weight is 564 g/mol. The molecular weight excluding hydrogens is 538 g/mol. The lowest BCUT2D eigenvalue weighted by molar-refractivity contribution is 0.0956. The van der Waals surface area contributed by atoms with Gasteiger partial charge in [0.15, 0.2) is 5.69 Å². The molecule has 30 heavy (non-hydrogen) atoms. The first-order chi connectivity index (χ1) is 14.1. The Morgan fingerprint density at radius 3 is 2.30 bits per heavy atom. The molecule has 0 unspecified atom stereocenters. The van der Waals surface area contributed by atoms with E-state index in [1.807, 2.05) is 26.8 Å². The summed E-state index contributed by atoms with van der Waals surface area (Å²) in [5.74, 6) is -0.636. The maximum atomic E-state index is 12.2. The maximum Gasteiger partial charge on any atom is 0.276 e. The van der Waals surface area contributed by atoms with Gasteiger partial charge >= 0.3 is 0 Å². The van der Waals surface area contributed by atoms with E-state index in [-0.39, 0.29) is 11.6 Å². The number of anilines is 1. The van der Waals surface area contributed by atoms with Crippen molar-refractivity contribution >= 4 is 61.0 Å². The largest absolute Gasteiger partial charge is 0.404 e. The van der Waals surface area contributed by atoms with E-state index < -0.39 is 5.91 Å². The highest BCUT2D eigenvalue weighted by atomic mass is 79.9. The SMILES string of the molecule is C/C(Cl)=C\N.C=CC.CCNC(=O)c1cc(Br)cc(C)c1NC(=O)c1cc(Br)[nH]n1. The van der Waals surface area contributed by atoms with Crippen molar-refractivity contribution in [1.29, 1.82) is 0 Å². The Kier molecular flexibility index (Phi) is 13.8. The van der Waals surface area contributed by atoms with Gasteiger partial charge in [-0.15, -0.1) is 6.58 Å². The van der Waals surface area contributed by atoms with Gasteiger partial charge in [0.1, 0.15) is 4.60 Å². The van der Waals surface area contributed by atoms with Crippen LogP contribution in [0, 0.1) is 6.92 Å². The van der Waals surface area contributed by atoms with Crippen LogP contribution in [0.2, 0.25) is 0 Å². The zero-order chi connectivity index (χ0) is 23.3. The minimum Gasteiger partial charge on any atom is -0.404 e. The number of hydrogen-bond acceptors (Lipinski definition) is 4. The summed E-state index contributed by atoms with van der Waals surface area (Å²) in [6.07, 6.45) is 3.10. The Bertz CT molecular complexity index is 893. The summed E-state index contributed by atoms with van der Waals surface area (Å²) in [7, 11) is 0. The zero-order valence-electron chi connectivity index (χ0n) is 17.3. The van der Waals surface area contributed by atoms with Crippen LogP contribution in [0.3, 0.4) is 0 Å². The van der Waals surface area contributed by atoms with Crippen LogP contribution in [0.5, 0.6) is 0 Å². The van der Waals surface area contributed by atoms with Gasteiger partial charge in [-0.2, -0.15) is 5.10 Å². The number of nitrogens with zero attached hydrogens (tertiary/aromatic N) is 1. The second-order valence-corrected chi connectivity index (χ2v) is 8.09.